The van der Waals surface area contributed by atoms with E-state index in [1.165, 1.54) is 30.5 Å². The van der Waals surface area contributed by atoms with Crippen molar-refractivity contribution < 1.29 is 9.53 Å². The predicted octanol–water partition coefficient (Wildman–Crippen LogP) is 5.21. The second-order valence-corrected chi connectivity index (χ2v) is 8.07. The highest BCUT2D eigenvalue weighted by molar-refractivity contribution is 7.80. The lowest BCUT2D eigenvalue weighted by molar-refractivity contribution is 0.0525. The quantitative estimate of drug-likeness (QED) is 0.489. The van der Waals surface area contributed by atoms with Crippen LogP contribution >= 0.6 is 12.2 Å². The van der Waals surface area contributed by atoms with E-state index in [9.17, 15) is 4.79 Å². The third kappa shape index (κ3) is 5.51. The van der Waals surface area contributed by atoms with Crippen molar-refractivity contribution in [3.05, 3.63) is 59.2 Å². The number of hydrogen-bond donors (Lipinski definition) is 2. The molecule has 30 heavy (non-hydrogen) atoms. The first-order valence-corrected chi connectivity index (χ1v) is 11.1. The van der Waals surface area contributed by atoms with Crippen LogP contribution in [0.4, 0.5) is 11.4 Å². The average molecular weight is 426 g/mol. The number of esters is 1. The zero-order chi connectivity index (χ0) is 21.5. The number of carbonyl (C=O) groups is 1. The Morgan fingerprint density at radius 1 is 1.13 bits per heavy atom. The van der Waals surface area contributed by atoms with Crippen molar-refractivity contribution in [2.45, 2.75) is 46.1 Å². The summed E-state index contributed by atoms with van der Waals surface area (Å²) in [5.74, 6) is -0.320. The molecular formula is C24H31N3O2S. The van der Waals surface area contributed by atoms with Crippen LogP contribution in [0.3, 0.4) is 0 Å². The molecule has 0 aromatic heterocycles. The topological polar surface area (TPSA) is 53.6 Å². The number of rotatable bonds is 6. The van der Waals surface area contributed by atoms with Crippen LogP contribution in [0.2, 0.25) is 0 Å². The van der Waals surface area contributed by atoms with Crippen molar-refractivity contribution in [1.29, 1.82) is 0 Å². The molecule has 0 amide bonds. The number of piperidine rings is 1. The number of anilines is 2. The number of nitrogens with zero attached hydrogens (tertiary/aromatic N) is 1. The fourth-order valence-electron chi connectivity index (χ4n) is 3.77. The fourth-order valence-corrected chi connectivity index (χ4v) is 4.05. The normalized spacial score (nSPS) is 14.7. The van der Waals surface area contributed by atoms with Gasteiger partial charge in [0.1, 0.15) is 0 Å². The van der Waals surface area contributed by atoms with Gasteiger partial charge in [-0.2, -0.15) is 0 Å². The molecule has 0 aliphatic carbocycles. The van der Waals surface area contributed by atoms with Crippen molar-refractivity contribution in [1.82, 2.24) is 5.32 Å². The summed E-state index contributed by atoms with van der Waals surface area (Å²) in [5.41, 5.74) is 4.63. The van der Waals surface area contributed by atoms with E-state index in [2.05, 4.69) is 46.7 Å². The maximum absolute atomic E-state index is 12.1. The molecule has 2 aromatic carbocycles. The summed E-state index contributed by atoms with van der Waals surface area (Å²) >= 11 is 5.51. The first-order chi connectivity index (χ1) is 14.5. The van der Waals surface area contributed by atoms with Crippen LogP contribution in [-0.4, -0.2) is 30.8 Å². The molecule has 1 aliphatic heterocycles. The van der Waals surface area contributed by atoms with E-state index < -0.39 is 0 Å². The lowest BCUT2D eigenvalue weighted by atomic mass is 10.1. The van der Waals surface area contributed by atoms with Crippen molar-refractivity contribution in [2.75, 3.05) is 29.9 Å². The van der Waals surface area contributed by atoms with Crippen molar-refractivity contribution in [3.8, 4) is 0 Å². The molecule has 0 saturated carbocycles. The molecule has 2 aromatic rings. The third-order valence-corrected chi connectivity index (χ3v) is 5.76. The Kier molecular flexibility index (Phi) is 7.69. The lowest BCUT2D eigenvalue weighted by Crippen LogP contribution is -2.31. The van der Waals surface area contributed by atoms with Crippen LogP contribution in [0.15, 0.2) is 42.5 Å². The molecule has 1 fully saturated rings. The van der Waals surface area contributed by atoms with E-state index in [-0.39, 0.29) is 12.0 Å². The largest absolute Gasteiger partial charge is 0.462 e. The number of thiocarbonyl (C=S) groups is 1. The van der Waals surface area contributed by atoms with Gasteiger partial charge in [0.15, 0.2) is 5.11 Å². The zero-order valence-electron chi connectivity index (χ0n) is 18.0. The van der Waals surface area contributed by atoms with Gasteiger partial charge in [0.2, 0.25) is 0 Å². The smallest absolute Gasteiger partial charge is 0.338 e. The van der Waals surface area contributed by atoms with E-state index in [4.69, 9.17) is 17.0 Å². The number of benzene rings is 2. The summed E-state index contributed by atoms with van der Waals surface area (Å²) in [6.07, 6.45) is 3.88. The summed E-state index contributed by atoms with van der Waals surface area (Å²) in [6, 6.07) is 14.3. The van der Waals surface area contributed by atoms with Crippen LogP contribution in [0, 0.1) is 6.92 Å². The first-order valence-electron chi connectivity index (χ1n) is 10.7. The van der Waals surface area contributed by atoms with Gasteiger partial charge in [-0.05, 0) is 87.6 Å². The predicted molar refractivity (Wildman–Crippen MR) is 127 cm³/mol. The molecule has 0 spiro atoms. The Morgan fingerprint density at radius 2 is 1.83 bits per heavy atom. The minimum absolute atomic E-state index is 0.0638. The molecule has 160 valence electrons. The molecule has 2 N–H and O–H groups in total. The molecule has 6 heteroatoms. The molecule has 3 rings (SSSR count). The third-order valence-electron chi connectivity index (χ3n) is 5.54. The lowest BCUT2D eigenvalue weighted by Gasteiger charge is -2.29. The molecule has 0 bridgehead atoms. The number of hydrogen-bond acceptors (Lipinski definition) is 4. The van der Waals surface area contributed by atoms with Gasteiger partial charge in [0, 0.05) is 24.5 Å². The summed E-state index contributed by atoms with van der Waals surface area (Å²) in [7, 11) is 0. The average Bonchev–Trinajstić information content (AvgIpc) is 2.76. The number of nitrogens with one attached hydrogen (secondary N) is 2. The van der Waals surface area contributed by atoms with E-state index in [1.54, 1.807) is 13.0 Å². The molecule has 0 radical (unpaired) electrons. The molecule has 1 saturated heterocycles. The first kappa shape index (κ1) is 22.1. The van der Waals surface area contributed by atoms with Gasteiger partial charge in [-0.25, -0.2) is 4.79 Å². The minimum atomic E-state index is -0.320. The second-order valence-electron chi connectivity index (χ2n) is 7.66. The van der Waals surface area contributed by atoms with E-state index in [0.717, 1.165) is 24.3 Å². The SMILES string of the molecule is CCOC(=O)c1cccc(NC(=S)NC(C)c2ccc(N3CCCCC3)cc2)c1C. The number of carbonyl (C=O) groups excluding carboxylic acids is 1. The molecular weight excluding hydrogens is 394 g/mol. The van der Waals surface area contributed by atoms with Gasteiger partial charge in [-0.15, -0.1) is 0 Å². The zero-order valence-corrected chi connectivity index (χ0v) is 18.8. The highest BCUT2D eigenvalue weighted by Gasteiger charge is 2.15. The second kappa shape index (κ2) is 10.4. The summed E-state index contributed by atoms with van der Waals surface area (Å²) in [5, 5.41) is 7.07. The molecule has 5 nitrogen and oxygen atoms in total. The van der Waals surface area contributed by atoms with Gasteiger partial charge >= 0.3 is 5.97 Å². The monoisotopic (exact) mass is 425 g/mol. The summed E-state index contributed by atoms with van der Waals surface area (Å²) in [4.78, 5) is 14.6. The Balaban J connectivity index is 1.61. The number of ether oxygens (including phenoxy) is 1. The Morgan fingerprint density at radius 3 is 2.50 bits per heavy atom. The van der Waals surface area contributed by atoms with Crippen molar-refractivity contribution >= 4 is 34.7 Å². The van der Waals surface area contributed by atoms with Crippen molar-refractivity contribution in [2.24, 2.45) is 0 Å². The highest BCUT2D eigenvalue weighted by Crippen LogP contribution is 2.23. The van der Waals surface area contributed by atoms with Crippen LogP contribution in [0.5, 0.6) is 0 Å². The van der Waals surface area contributed by atoms with Crippen LogP contribution in [0.25, 0.3) is 0 Å². The Bertz CT molecular complexity index is 877. The van der Waals surface area contributed by atoms with Crippen LogP contribution in [-0.2, 0) is 4.74 Å². The molecule has 1 unspecified atom stereocenters. The Hall–Kier alpha value is -2.60. The molecule has 1 atom stereocenters. The summed E-state index contributed by atoms with van der Waals surface area (Å²) in [6.45, 7) is 8.42. The van der Waals surface area contributed by atoms with Gasteiger partial charge in [-0.1, -0.05) is 18.2 Å². The van der Waals surface area contributed by atoms with E-state index in [0.29, 0.717) is 17.3 Å². The molecule has 1 heterocycles. The van der Waals surface area contributed by atoms with Crippen molar-refractivity contribution in [3.63, 3.8) is 0 Å². The highest BCUT2D eigenvalue weighted by atomic mass is 32.1. The standard InChI is InChI=1S/C24H31N3O2S/c1-4-29-23(28)21-9-8-10-22(17(21)2)26-24(30)25-18(3)19-11-13-20(14-12-19)27-15-6-5-7-16-27/h8-14,18H,4-7,15-16H2,1-3H3,(H2,25,26,30). The summed E-state index contributed by atoms with van der Waals surface area (Å²) < 4.78 is 5.13. The Labute approximate surface area is 184 Å². The van der Waals surface area contributed by atoms with Gasteiger partial charge in [-0.3, -0.25) is 0 Å². The maximum Gasteiger partial charge on any atom is 0.338 e. The van der Waals surface area contributed by atoms with Crippen LogP contribution in [0.1, 0.15) is 60.6 Å². The van der Waals surface area contributed by atoms with Gasteiger partial charge in [0.05, 0.1) is 18.2 Å². The minimum Gasteiger partial charge on any atom is -0.462 e. The van der Waals surface area contributed by atoms with Crippen LogP contribution < -0.4 is 15.5 Å². The maximum atomic E-state index is 12.1. The van der Waals surface area contributed by atoms with E-state index in [1.807, 2.05) is 19.1 Å². The van der Waals surface area contributed by atoms with Gasteiger partial charge < -0.3 is 20.3 Å². The van der Waals surface area contributed by atoms with E-state index >= 15 is 0 Å². The molecule has 1 aliphatic rings. The van der Waals surface area contributed by atoms with Gasteiger partial charge in [0.25, 0.3) is 0 Å². The fraction of sp³-hybridized carbons (Fsp3) is 0.417.